The maximum absolute atomic E-state index is 12.4. The van der Waals surface area contributed by atoms with Crippen LogP contribution in [0.3, 0.4) is 0 Å². The smallest absolute Gasteiger partial charge is 0.252 e. The van der Waals surface area contributed by atoms with Crippen LogP contribution in [0, 0.1) is 20.8 Å². The normalized spacial score (nSPS) is 11.0. The average molecular weight is 324 g/mol. The number of rotatable bonds is 3. The Bertz CT molecular complexity index is 981. The van der Waals surface area contributed by atoms with Crippen molar-refractivity contribution in [3.63, 3.8) is 0 Å². The molecule has 124 valence electrons. The maximum atomic E-state index is 12.4. The Balaban J connectivity index is 1.96. The van der Waals surface area contributed by atoms with Gasteiger partial charge < -0.3 is 5.32 Å². The Kier molecular flexibility index (Phi) is 3.97. The predicted molar refractivity (Wildman–Crippen MR) is 94.3 cm³/mol. The number of hydrogen-bond acceptors (Lipinski definition) is 3. The molecule has 0 saturated heterocycles. The Labute approximate surface area is 139 Å². The Morgan fingerprint density at radius 1 is 1.17 bits per heavy atom. The first-order valence-corrected chi connectivity index (χ1v) is 7.77. The van der Waals surface area contributed by atoms with Gasteiger partial charge in [0, 0.05) is 24.2 Å². The quantitative estimate of drug-likeness (QED) is 0.804. The summed E-state index contributed by atoms with van der Waals surface area (Å²) in [4.78, 5) is 24.8. The number of benzene rings is 1. The third-order valence-corrected chi connectivity index (χ3v) is 4.08. The topological polar surface area (TPSA) is 68.9 Å². The minimum atomic E-state index is -0.245. The zero-order valence-electron chi connectivity index (χ0n) is 14.3. The second-order valence-electron chi connectivity index (χ2n) is 6.07. The van der Waals surface area contributed by atoms with Gasteiger partial charge in [-0.2, -0.15) is 5.10 Å². The molecule has 2 aromatic heterocycles. The van der Waals surface area contributed by atoms with Gasteiger partial charge in [-0.1, -0.05) is 17.7 Å². The molecule has 3 rings (SSSR count). The van der Waals surface area contributed by atoms with E-state index in [1.807, 2.05) is 45.0 Å². The molecule has 0 radical (unpaired) electrons. The van der Waals surface area contributed by atoms with E-state index in [1.165, 1.54) is 4.57 Å². The summed E-state index contributed by atoms with van der Waals surface area (Å²) >= 11 is 0. The third kappa shape index (κ3) is 2.82. The minimum absolute atomic E-state index is 0.0531. The molecule has 24 heavy (non-hydrogen) atoms. The van der Waals surface area contributed by atoms with Gasteiger partial charge >= 0.3 is 0 Å². The zero-order chi connectivity index (χ0) is 17.4. The summed E-state index contributed by atoms with van der Waals surface area (Å²) in [7, 11) is 1.78. The van der Waals surface area contributed by atoms with Crippen LogP contribution < -0.4 is 10.9 Å². The number of carbonyl (C=O) groups is 1. The lowest BCUT2D eigenvalue weighted by atomic mass is 10.1. The van der Waals surface area contributed by atoms with Crippen LogP contribution in [0.5, 0.6) is 0 Å². The summed E-state index contributed by atoms with van der Waals surface area (Å²) in [6.45, 7) is 5.72. The van der Waals surface area contributed by atoms with Gasteiger partial charge in [-0.05, 0) is 38.5 Å². The van der Waals surface area contributed by atoms with Crippen molar-refractivity contribution in [1.82, 2.24) is 14.3 Å². The standard InChI is InChI=1S/C18H20N4O2/c1-11-5-7-14(8-6-11)19-15(23)10-22-16(24)9-12(2)17-13(3)20-21(4)18(17)22/h5-9H,10H2,1-4H3,(H,19,23). The van der Waals surface area contributed by atoms with E-state index in [-0.39, 0.29) is 18.0 Å². The van der Waals surface area contributed by atoms with Gasteiger partial charge in [0.05, 0.1) is 5.69 Å². The lowest BCUT2D eigenvalue weighted by Crippen LogP contribution is -2.28. The van der Waals surface area contributed by atoms with Crippen molar-refractivity contribution >= 4 is 22.6 Å². The molecule has 0 spiro atoms. The molecule has 0 saturated carbocycles. The summed E-state index contributed by atoms with van der Waals surface area (Å²) in [5, 5.41) is 8.12. The van der Waals surface area contributed by atoms with Gasteiger partial charge in [0.15, 0.2) is 0 Å². The molecule has 0 aliphatic rings. The summed E-state index contributed by atoms with van der Waals surface area (Å²) in [6, 6.07) is 9.09. The van der Waals surface area contributed by atoms with Crippen molar-refractivity contribution in [3.8, 4) is 0 Å². The van der Waals surface area contributed by atoms with Crippen LogP contribution in [0.25, 0.3) is 11.0 Å². The first kappa shape index (κ1) is 16.0. The molecule has 3 aromatic rings. The van der Waals surface area contributed by atoms with Crippen molar-refractivity contribution < 1.29 is 4.79 Å². The van der Waals surface area contributed by atoms with E-state index < -0.39 is 0 Å². The lowest BCUT2D eigenvalue weighted by molar-refractivity contribution is -0.116. The van der Waals surface area contributed by atoms with E-state index in [0.717, 1.165) is 22.2 Å². The van der Waals surface area contributed by atoms with Crippen LogP contribution in [0.2, 0.25) is 0 Å². The second kappa shape index (κ2) is 5.96. The van der Waals surface area contributed by atoms with Crippen molar-refractivity contribution in [3.05, 3.63) is 57.5 Å². The Morgan fingerprint density at radius 3 is 2.50 bits per heavy atom. The number of nitrogens with one attached hydrogen (secondary N) is 1. The molecule has 0 fully saturated rings. The summed E-state index contributed by atoms with van der Waals surface area (Å²) in [5.74, 6) is -0.245. The maximum Gasteiger partial charge on any atom is 0.252 e. The van der Waals surface area contributed by atoms with E-state index in [2.05, 4.69) is 10.4 Å². The molecule has 6 heteroatoms. The van der Waals surface area contributed by atoms with Gasteiger partial charge in [0.2, 0.25) is 5.91 Å². The van der Waals surface area contributed by atoms with Crippen molar-refractivity contribution in [2.24, 2.45) is 7.05 Å². The van der Waals surface area contributed by atoms with Crippen molar-refractivity contribution in [2.75, 3.05) is 5.32 Å². The molecule has 1 amide bonds. The van der Waals surface area contributed by atoms with Crippen LogP contribution >= 0.6 is 0 Å². The first-order valence-electron chi connectivity index (χ1n) is 7.77. The lowest BCUT2D eigenvalue weighted by Gasteiger charge is -2.11. The highest BCUT2D eigenvalue weighted by Crippen LogP contribution is 2.19. The number of amides is 1. The largest absolute Gasteiger partial charge is 0.325 e. The third-order valence-electron chi connectivity index (χ3n) is 4.08. The fourth-order valence-electron chi connectivity index (χ4n) is 2.99. The fourth-order valence-corrected chi connectivity index (χ4v) is 2.99. The van der Waals surface area contributed by atoms with Crippen LogP contribution in [0.4, 0.5) is 5.69 Å². The van der Waals surface area contributed by atoms with Gasteiger partial charge in [0.25, 0.3) is 5.56 Å². The van der Waals surface area contributed by atoms with Gasteiger partial charge in [-0.15, -0.1) is 0 Å². The number of nitrogens with zero attached hydrogens (tertiary/aromatic N) is 3. The SMILES string of the molecule is Cc1ccc(NC(=O)Cn2c(=O)cc(C)c3c(C)nn(C)c32)cc1. The van der Waals surface area contributed by atoms with E-state index >= 15 is 0 Å². The molecule has 0 bridgehead atoms. The van der Waals surface area contributed by atoms with Crippen molar-refractivity contribution in [1.29, 1.82) is 0 Å². The number of anilines is 1. The van der Waals surface area contributed by atoms with E-state index in [1.54, 1.807) is 17.8 Å². The molecule has 1 aromatic carbocycles. The highest BCUT2D eigenvalue weighted by Gasteiger charge is 2.16. The average Bonchev–Trinajstić information content (AvgIpc) is 2.81. The van der Waals surface area contributed by atoms with Crippen LogP contribution in [0.15, 0.2) is 35.1 Å². The molecule has 2 heterocycles. The number of hydrogen-bond donors (Lipinski definition) is 1. The van der Waals surface area contributed by atoms with Crippen LogP contribution in [0.1, 0.15) is 16.8 Å². The predicted octanol–water partition coefficient (Wildman–Crippen LogP) is 2.30. The highest BCUT2D eigenvalue weighted by molar-refractivity contribution is 5.92. The molecule has 0 aliphatic carbocycles. The van der Waals surface area contributed by atoms with Gasteiger partial charge in [-0.25, -0.2) is 0 Å². The number of carbonyl (C=O) groups excluding carboxylic acids is 1. The van der Waals surface area contributed by atoms with Crippen molar-refractivity contribution in [2.45, 2.75) is 27.3 Å². The van der Waals surface area contributed by atoms with Gasteiger partial charge in [0.1, 0.15) is 12.2 Å². The Morgan fingerprint density at radius 2 is 1.83 bits per heavy atom. The second-order valence-corrected chi connectivity index (χ2v) is 6.07. The monoisotopic (exact) mass is 324 g/mol. The van der Waals surface area contributed by atoms with Crippen LogP contribution in [-0.4, -0.2) is 20.3 Å². The fraction of sp³-hybridized carbons (Fsp3) is 0.278. The van der Waals surface area contributed by atoms with Crippen LogP contribution in [-0.2, 0) is 18.4 Å². The molecule has 1 N–H and O–H groups in total. The number of fused-ring (bicyclic) bond motifs is 1. The Hall–Kier alpha value is -2.89. The molecule has 0 aliphatic heterocycles. The molecule has 6 nitrogen and oxygen atoms in total. The van der Waals surface area contributed by atoms with E-state index in [9.17, 15) is 9.59 Å². The number of aromatic nitrogens is 3. The zero-order valence-corrected chi connectivity index (χ0v) is 14.3. The molecular weight excluding hydrogens is 304 g/mol. The number of aryl methyl sites for hydroxylation is 4. The number of pyridine rings is 1. The van der Waals surface area contributed by atoms with Gasteiger partial charge in [-0.3, -0.25) is 18.8 Å². The van der Waals surface area contributed by atoms with E-state index in [0.29, 0.717) is 11.3 Å². The minimum Gasteiger partial charge on any atom is -0.325 e. The molecule has 0 unspecified atom stereocenters. The summed E-state index contributed by atoms with van der Waals surface area (Å²) in [6.07, 6.45) is 0. The summed E-state index contributed by atoms with van der Waals surface area (Å²) < 4.78 is 3.12. The highest BCUT2D eigenvalue weighted by atomic mass is 16.2. The van der Waals surface area contributed by atoms with E-state index in [4.69, 9.17) is 0 Å². The first-order chi connectivity index (χ1) is 11.4. The summed E-state index contributed by atoms with van der Waals surface area (Å²) in [5.41, 5.74) is 4.00. The molecule has 0 atom stereocenters. The molecular formula is C18H20N4O2.